The van der Waals surface area contributed by atoms with Crippen molar-refractivity contribution in [1.82, 2.24) is 0 Å². The van der Waals surface area contributed by atoms with Crippen LogP contribution in [0.2, 0.25) is 0 Å². The first-order valence-corrected chi connectivity index (χ1v) is 6.39. The van der Waals surface area contributed by atoms with E-state index in [2.05, 4.69) is 0 Å². The fourth-order valence-electron chi connectivity index (χ4n) is 2.52. The number of halogens is 2. The molecule has 1 aliphatic heterocycles. The van der Waals surface area contributed by atoms with Crippen LogP contribution in [0.3, 0.4) is 0 Å². The van der Waals surface area contributed by atoms with Gasteiger partial charge in [-0.15, -0.1) is 0 Å². The smallest absolute Gasteiger partial charge is 0.270 e. The molecule has 0 aromatic heterocycles. The summed E-state index contributed by atoms with van der Waals surface area (Å²) in [6.45, 7) is 2.72. The van der Waals surface area contributed by atoms with E-state index in [0.29, 0.717) is 18.8 Å². The Kier molecular flexibility index (Phi) is 4.17. The van der Waals surface area contributed by atoms with E-state index in [1.807, 2.05) is 0 Å². The Balaban J connectivity index is 2.30. The van der Waals surface area contributed by atoms with Gasteiger partial charge >= 0.3 is 0 Å². The molecule has 0 bridgehead atoms. The summed E-state index contributed by atoms with van der Waals surface area (Å²) in [7, 11) is 0. The number of rotatable bonds is 4. The third-order valence-corrected chi connectivity index (χ3v) is 3.70. The van der Waals surface area contributed by atoms with E-state index in [9.17, 15) is 24.0 Å². The van der Waals surface area contributed by atoms with Gasteiger partial charge in [0.2, 0.25) is 0 Å². The highest BCUT2D eigenvalue weighted by Gasteiger charge is 2.29. The van der Waals surface area contributed by atoms with Crippen LogP contribution in [0.15, 0.2) is 18.2 Å². The number of benzene rings is 1. The molecule has 1 aromatic rings. The molecule has 1 N–H and O–H groups in total. The van der Waals surface area contributed by atoms with Crippen LogP contribution in [0.25, 0.3) is 0 Å². The second-order valence-corrected chi connectivity index (χ2v) is 5.04. The van der Waals surface area contributed by atoms with Crippen molar-refractivity contribution in [3.8, 4) is 0 Å². The highest BCUT2D eigenvalue weighted by molar-refractivity contribution is 5.59. The summed E-state index contributed by atoms with van der Waals surface area (Å²) in [5.74, 6) is 0.0377. The third kappa shape index (κ3) is 2.87. The van der Waals surface area contributed by atoms with Gasteiger partial charge in [0.25, 0.3) is 12.1 Å². The molecule has 2 rings (SSSR count). The predicted molar refractivity (Wildman–Crippen MR) is 70.1 cm³/mol. The minimum Gasteiger partial charge on any atom is -0.393 e. The van der Waals surface area contributed by atoms with Gasteiger partial charge < -0.3 is 10.0 Å². The molecule has 0 spiro atoms. The Morgan fingerprint density at radius 3 is 2.70 bits per heavy atom. The fraction of sp³-hybridized carbons (Fsp3) is 0.538. The van der Waals surface area contributed by atoms with Crippen LogP contribution in [0.1, 0.15) is 25.3 Å². The van der Waals surface area contributed by atoms with Crippen LogP contribution < -0.4 is 4.90 Å². The Morgan fingerprint density at radius 1 is 1.50 bits per heavy atom. The first-order valence-electron chi connectivity index (χ1n) is 6.39. The van der Waals surface area contributed by atoms with E-state index in [1.165, 1.54) is 12.1 Å². The lowest BCUT2D eigenvalue weighted by atomic mass is 10.0. The van der Waals surface area contributed by atoms with Gasteiger partial charge in [-0.05, 0) is 19.4 Å². The van der Waals surface area contributed by atoms with E-state index in [4.69, 9.17) is 0 Å². The van der Waals surface area contributed by atoms with Gasteiger partial charge in [0, 0.05) is 42.4 Å². The highest BCUT2D eigenvalue weighted by Crippen LogP contribution is 2.36. The zero-order chi connectivity index (χ0) is 14.9. The summed E-state index contributed by atoms with van der Waals surface area (Å²) in [4.78, 5) is 11.7. The summed E-state index contributed by atoms with van der Waals surface area (Å²) in [5, 5.41) is 20.2. The van der Waals surface area contributed by atoms with Crippen LogP contribution in [0.4, 0.5) is 20.2 Å². The van der Waals surface area contributed by atoms with Crippen LogP contribution in [0, 0.1) is 16.0 Å². The third-order valence-electron chi connectivity index (χ3n) is 3.70. The Bertz CT molecular complexity index is 508. The van der Waals surface area contributed by atoms with E-state index in [-0.39, 0.29) is 17.2 Å². The van der Waals surface area contributed by atoms with Crippen molar-refractivity contribution < 1.29 is 18.8 Å². The van der Waals surface area contributed by atoms with E-state index >= 15 is 0 Å². The monoisotopic (exact) mass is 286 g/mol. The Hall–Kier alpha value is -1.76. The van der Waals surface area contributed by atoms with Crippen molar-refractivity contribution in [2.45, 2.75) is 25.9 Å². The summed E-state index contributed by atoms with van der Waals surface area (Å²) < 4.78 is 26.2. The van der Waals surface area contributed by atoms with Gasteiger partial charge in [-0.1, -0.05) is 0 Å². The average Bonchev–Trinajstić information content (AvgIpc) is 2.87. The van der Waals surface area contributed by atoms with Crippen molar-refractivity contribution >= 4 is 11.4 Å². The number of non-ortho nitro benzene ring substituents is 1. The molecule has 0 radical (unpaired) electrons. The number of anilines is 1. The number of nitro benzene ring substituents is 1. The second-order valence-electron chi connectivity index (χ2n) is 5.04. The average molecular weight is 286 g/mol. The maximum Gasteiger partial charge on any atom is 0.270 e. The van der Waals surface area contributed by atoms with Crippen LogP contribution in [0.5, 0.6) is 0 Å². The largest absolute Gasteiger partial charge is 0.393 e. The standard InChI is InChI=1S/C13H16F2N2O3/c1-8(18)9-4-5-16(7-9)12-3-2-10(17(19)20)6-11(12)13(14)15/h2-3,6,8-9,13,18H,4-5,7H2,1H3. The molecular formula is C13H16F2N2O3. The van der Waals surface area contributed by atoms with E-state index in [0.717, 1.165) is 12.5 Å². The molecule has 1 aromatic carbocycles. The number of alkyl halides is 2. The molecule has 5 nitrogen and oxygen atoms in total. The van der Waals surface area contributed by atoms with Crippen LogP contribution >= 0.6 is 0 Å². The molecule has 0 aliphatic carbocycles. The quantitative estimate of drug-likeness (QED) is 0.682. The molecule has 1 saturated heterocycles. The summed E-state index contributed by atoms with van der Waals surface area (Å²) in [6, 6.07) is 3.52. The number of hydrogen-bond acceptors (Lipinski definition) is 4. The minimum atomic E-state index is -2.77. The normalized spacial score (nSPS) is 20.4. The molecule has 2 atom stereocenters. The molecule has 110 valence electrons. The molecule has 0 saturated carbocycles. The molecule has 1 heterocycles. The van der Waals surface area contributed by atoms with Crippen LogP contribution in [-0.2, 0) is 0 Å². The molecule has 7 heteroatoms. The second kappa shape index (κ2) is 5.70. The van der Waals surface area contributed by atoms with Crippen molar-refractivity contribution in [3.05, 3.63) is 33.9 Å². The molecule has 1 fully saturated rings. The molecule has 1 aliphatic rings. The SMILES string of the molecule is CC(O)C1CCN(c2ccc([N+](=O)[O-])cc2C(F)F)C1. The van der Waals surface area contributed by atoms with Gasteiger partial charge in [0.05, 0.1) is 11.0 Å². The predicted octanol–water partition coefficient (Wildman–Crippen LogP) is 2.74. The zero-order valence-corrected chi connectivity index (χ0v) is 11.0. The minimum absolute atomic E-state index is 0.0377. The first kappa shape index (κ1) is 14.6. The molecule has 2 unspecified atom stereocenters. The molecule has 20 heavy (non-hydrogen) atoms. The number of nitrogens with zero attached hydrogens (tertiary/aromatic N) is 2. The highest BCUT2D eigenvalue weighted by atomic mass is 19.3. The summed E-state index contributed by atoms with van der Waals surface area (Å²) in [5.41, 5.74) is -0.352. The van der Waals surface area contributed by atoms with Gasteiger partial charge in [-0.2, -0.15) is 0 Å². The molecule has 0 amide bonds. The topological polar surface area (TPSA) is 66.6 Å². The van der Waals surface area contributed by atoms with E-state index in [1.54, 1.807) is 11.8 Å². The summed E-state index contributed by atoms with van der Waals surface area (Å²) >= 11 is 0. The number of aliphatic hydroxyl groups is 1. The lowest BCUT2D eigenvalue weighted by Crippen LogP contribution is -2.24. The maximum atomic E-state index is 13.1. The number of nitro groups is 1. The van der Waals surface area contributed by atoms with Gasteiger partial charge in [0.15, 0.2) is 0 Å². The number of aliphatic hydroxyl groups excluding tert-OH is 1. The lowest BCUT2D eigenvalue weighted by molar-refractivity contribution is -0.385. The van der Waals surface area contributed by atoms with Crippen molar-refractivity contribution in [1.29, 1.82) is 0 Å². The Morgan fingerprint density at radius 2 is 2.20 bits per heavy atom. The van der Waals surface area contributed by atoms with Crippen LogP contribution in [-0.4, -0.2) is 29.2 Å². The lowest BCUT2D eigenvalue weighted by Gasteiger charge is -2.22. The maximum absolute atomic E-state index is 13.1. The molecular weight excluding hydrogens is 270 g/mol. The number of hydrogen-bond donors (Lipinski definition) is 1. The van der Waals surface area contributed by atoms with Gasteiger partial charge in [-0.3, -0.25) is 10.1 Å². The first-order chi connectivity index (χ1) is 9.40. The Labute approximate surface area is 115 Å². The van der Waals surface area contributed by atoms with Gasteiger partial charge in [0.1, 0.15) is 0 Å². The van der Waals surface area contributed by atoms with E-state index < -0.39 is 17.5 Å². The fourth-order valence-corrected chi connectivity index (χ4v) is 2.52. The summed E-state index contributed by atoms with van der Waals surface area (Å²) in [6.07, 6.45) is -2.54. The van der Waals surface area contributed by atoms with Gasteiger partial charge in [-0.25, -0.2) is 8.78 Å². The van der Waals surface area contributed by atoms with Crippen molar-refractivity contribution in [2.24, 2.45) is 5.92 Å². The van der Waals surface area contributed by atoms with Crippen molar-refractivity contribution in [2.75, 3.05) is 18.0 Å². The zero-order valence-electron chi connectivity index (χ0n) is 11.0. The van der Waals surface area contributed by atoms with Crippen molar-refractivity contribution in [3.63, 3.8) is 0 Å².